The number of nitro groups is 1. The smallest absolute Gasteiger partial charge is 0.271 e. The predicted octanol–water partition coefficient (Wildman–Crippen LogP) is 1.50. The number of nitrogens with one attached hydrogen (secondary N) is 2. The fraction of sp³-hybridized carbons (Fsp3) is 0. The summed E-state index contributed by atoms with van der Waals surface area (Å²) in [5, 5.41) is 29.8. The van der Waals surface area contributed by atoms with E-state index in [1.165, 1.54) is 0 Å². The predicted molar refractivity (Wildman–Crippen MR) is 75.9 cm³/mol. The largest absolute Gasteiger partial charge is 0.506 e. The Morgan fingerprint density at radius 2 is 2.05 bits per heavy atom. The molecule has 0 unspecified atom stereocenters. The van der Waals surface area contributed by atoms with Gasteiger partial charge in [0.2, 0.25) is 5.88 Å². The summed E-state index contributed by atoms with van der Waals surface area (Å²) in [5.41, 5.74) is -1.31. The minimum atomic E-state index is -0.690. The highest BCUT2D eigenvalue weighted by atomic mass is 32.1. The van der Waals surface area contributed by atoms with E-state index in [0.717, 1.165) is 24.4 Å². The van der Waals surface area contributed by atoms with E-state index in [4.69, 9.17) is 0 Å². The molecule has 2 rings (SSSR count). The molecule has 0 saturated carbocycles. The van der Waals surface area contributed by atoms with Crippen LogP contribution in [0.15, 0.2) is 28.0 Å². The molecular formula is C11H8N4O5S. The number of hydrogen-bond donors (Lipinski definition) is 4. The third kappa shape index (κ3) is 3.12. The van der Waals surface area contributed by atoms with E-state index in [0.29, 0.717) is 0 Å². The minimum Gasteiger partial charge on any atom is -0.506 e. The Bertz CT molecular complexity index is 854. The number of aromatic hydroxyl groups is 2. The number of aliphatic imine (C=N–C) groups is 1. The molecule has 0 fully saturated rings. The van der Waals surface area contributed by atoms with Crippen LogP contribution in [0.5, 0.6) is 11.6 Å². The topological polar surface area (TPSA) is 145 Å². The SMILES string of the molecule is O=c1[nH]c(=S)[nH]c(O)c1C=Nc1cc([N+](=O)[O-])ccc1O. The molecule has 0 atom stereocenters. The third-order valence-electron chi connectivity index (χ3n) is 2.46. The van der Waals surface area contributed by atoms with Gasteiger partial charge in [0, 0.05) is 18.3 Å². The second-order valence-electron chi connectivity index (χ2n) is 3.86. The van der Waals surface area contributed by atoms with Crippen LogP contribution in [0.4, 0.5) is 11.4 Å². The lowest BCUT2D eigenvalue weighted by atomic mass is 10.2. The number of nitro benzene ring substituents is 1. The van der Waals surface area contributed by atoms with E-state index in [1.54, 1.807) is 0 Å². The zero-order chi connectivity index (χ0) is 15.6. The van der Waals surface area contributed by atoms with Crippen molar-refractivity contribution in [2.45, 2.75) is 0 Å². The van der Waals surface area contributed by atoms with E-state index in [9.17, 15) is 25.1 Å². The maximum Gasteiger partial charge on any atom is 0.271 e. The van der Waals surface area contributed by atoms with Crippen LogP contribution in [0.25, 0.3) is 0 Å². The summed E-state index contributed by atoms with van der Waals surface area (Å²) in [6.45, 7) is 0. The Labute approximate surface area is 121 Å². The van der Waals surface area contributed by atoms with Crippen molar-refractivity contribution in [1.82, 2.24) is 9.97 Å². The second-order valence-corrected chi connectivity index (χ2v) is 4.27. The van der Waals surface area contributed by atoms with Gasteiger partial charge in [0.15, 0.2) is 4.77 Å². The van der Waals surface area contributed by atoms with Crippen molar-refractivity contribution < 1.29 is 15.1 Å². The average Bonchev–Trinajstić information content (AvgIpc) is 2.39. The Morgan fingerprint density at radius 3 is 2.67 bits per heavy atom. The van der Waals surface area contributed by atoms with Crippen molar-refractivity contribution in [3.05, 3.63) is 49.0 Å². The van der Waals surface area contributed by atoms with Crippen molar-refractivity contribution >= 4 is 29.8 Å². The van der Waals surface area contributed by atoms with Gasteiger partial charge in [-0.2, -0.15) is 0 Å². The Morgan fingerprint density at radius 1 is 1.33 bits per heavy atom. The normalized spacial score (nSPS) is 10.9. The van der Waals surface area contributed by atoms with Gasteiger partial charge in [0.25, 0.3) is 11.2 Å². The Hall–Kier alpha value is -3.01. The molecule has 1 heterocycles. The summed E-state index contributed by atoms with van der Waals surface area (Å²) in [6.07, 6.45) is 0.957. The highest BCUT2D eigenvalue weighted by molar-refractivity contribution is 7.71. The van der Waals surface area contributed by atoms with Crippen molar-refractivity contribution in [3.8, 4) is 11.6 Å². The number of benzene rings is 1. The number of rotatable bonds is 3. The fourth-order valence-corrected chi connectivity index (χ4v) is 1.66. The van der Waals surface area contributed by atoms with Crippen LogP contribution in [0.2, 0.25) is 0 Å². The highest BCUT2D eigenvalue weighted by Gasteiger charge is 2.10. The van der Waals surface area contributed by atoms with Crippen LogP contribution in [0.3, 0.4) is 0 Å². The lowest BCUT2D eigenvalue weighted by Gasteiger charge is -2.00. The maximum atomic E-state index is 11.6. The lowest BCUT2D eigenvalue weighted by molar-refractivity contribution is -0.384. The number of phenols is 1. The lowest BCUT2D eigenvalue weighted by Crippen LogP contribution is -2.13. The molecule has 0 radical (unpaired) electrons. The van der Waals surface area contributed by atoms with Crippen LogP contribution in [-0.2, 0) is 0 Å². The molecule has 9 nitrogen and oxygen atoms in total. The van der Waals surface area contributed by atoms with E-state index >= 15 is 0 Å². The second kappa shape index (κ2) is 5.54. The van der Waals surface area contributed by atoms with Crippen molar-refractivity contribution in [3.63, 3.8) is 0 Å². The minimum absolute atomic E-state index is 0.0622. The third-order valence-corrected chi connectivity index (χ3v) is 2.67. The van der Waals surface area contributed by atoms with Crippen LogP contribution in [0.1, 0.15) is 5.56 Å². The number of nitrogens with zero attached hydrogens (tertiary/aromatic N) is 2. The molecule has 108 valence electrons. The number of hydrogen-bond acceptors (Lipinski definition) is 7. The molecule has 2 aromatic rings. The Kier molecular flexibility index (Phi) is 3.80. The molecule has 0 bridgehead atoms. The zero-order valence-corrected chi connectivity index (χ0v) is 11.0. The molecule has 0 amide bonds. The maximum absolute atomic E-state index is 11.6. The highest BCUT2D eigenvalue weighted by Crippen LogP contribution is 2.30. The number of aromatic amines is 2. The van der Waals surface area contributed by atoms with Crippen LogP contribution in [-0.4, -0.2) is 31.3 Å². The van der Waals surface area contributed by atoms with Gasteiger partial charge in [-0.1, -0.05) is 0 Å². The van der Waals surface area contributed by atoms with Gasteiger partial charge < -0.3 is 15.2 Å². The summed E-state index contributed by atoms with van der Waals surface area (Å²) in [7, 11) is 0. The van der Waals surface area contributed by atoms with Crippen LogP contribution >= 0.6 is 12.2 Å². The molecule has 0 aliphatic heterocycles. The molecule has 0 spiro atoms. The number of H-pyrrole nitrogens is 2. The summed E-state index contributed by atoms with van der Waals surface area (Å²) in [6, 6.07) is 3.24. The molecular weight excluding hydrogens is 300 g/mol. The molecule has 10 heteroatoms. The quantitative estimate of drug-likeness (QED) is 0.292. The molecule has 4 N–H and O–H groups in total. The molecule has 1 aromatic heterocycles. The zero-order valence-electron chi connectivity index (χ0n) is 10.2. The number of non-ortho nitro benzene ring substituents is 1. The van der Waals surface area contributed by atoms with Crippen molar-refractivity contribution in [2.24, 2.45) is 4.99 Å². The van der Waals surface area contributed by atoms with Crippen LogP contribution < -0.4 is 5.56 Å². The van der Waals surface area contributed by atoms with Crippen molar-refractivity contribution in [2.75, 3.05) is 0 Å². The molecule has 21 heavy (non-hydrogen) atoms. The number of phenolic OH excluding ortho intramolecular Hbond substituents is 1. The summed E-state index contributed by atoms with van der Waals surface area (Å²) in [5.74, 6) is -0.811. The first-order chi connectivity index (χ1) is 9.88. The van der Waals surface area contributed by atoms with Crippen molar-refractivity contribution in [1.29, 1.82) is 0 Å². The monoisotopic (exact) mass is 308 g/mol. The Balaban J connectivity index is 2.47. The summed E-state index contributed by atoms with van der Waals surface area (Å²) in [4.78, 5) is 29.9. The van der Waals surface area contributed by atoms with Gasteiger partial charge in [0.05, 0.1) is 4.92 Å². The molecule has 1 aromatic carbocycles. The fourth-order valence-electron chi connectivity index (χ4n) is 1.47. The molecule has 0 aliphatic rings. The first-order valence-electron chi connectivity index (χ1n) is 5.45. The number of aromatic nitrogens is 2. The van der Waals surface area contributed by atoms with E-state index in [-0.39, 0.29) is 27.5 Å². The first-order valence-corrected chi connectivity index (χ1v) is 5.86. The van der Waals surface area contributed by atoms with E-state index < -0.39 is 16.4 Å². The average molecular weight is 308 g/mol. The summed E-state index contributed by atoms with van der Waals surface area (Å²) >= 11 is 4.66. The molecule has 0 aliphatic carbocycles. The van der Waals surface area contributed by atoms with Gasteiger partial charge >= 0.3 is 0 Å². The van der Waals surface area contributed by atoms with Gasteiger partial charge in [-0.25, -0.2) is 0 Å². The van der Waals surface area contributed by atoms with Crippen LogP contribution in [0, 0.1) is 14.9 Å². The van der Waals surface area contributed by atoms with Gasteiger partial charge in [-0.3, -0.25) is 24.9 Å². The van der Waals surface area contributed by atoms with E-state index in [2.05, 4.69) is 27.2 Å². The first kappa shape index (κ1) is 14.4. The van der Waals surface area contributed by atoms with E-state index in [1.807, 2.05) is 0 Å². The standard InChI is InChI=1S/C11H8N4O5S/c16-8-2-1-5(15(19)20)3-7(8)12-4-6-9(17)13-11(21)14-10(6)18/h1-4,16H,(H3,13,14,17,18,21). The molecule has 0 saturated heterocycles. The van der Waals surface area contributed by atoms with Gasteiger partial charge in [0.1, 0.15) is 17.0 Å². The summed E-state index contributed by atoms with van der Waals surface area (Å²) < 4.78 is -0.0622. The van der Waals surface area contributed by atoms with Gasteiger partial charge in [-0.15, -0.1) is 0 Å². The van der Waals surface area contributed by atoms with Gasteiger partial charge in [-0.05, 0) is 18.3 Å².